The van der Waals surface area contributed by atoms with Gasteiger partial charge in [-0.1, -0.05) is 154 Å². The van der Waals surface area contributed by atoms with Gasteiger partial charge in [0.2, 0.25) is 0 Å². The molecule has 11 nitrogen and oxygen atoms in total. The molecule has 15 N–H and O–H groups in total. The van der Waals surface area contributed by atoms with E-state index in [0.29, 0.717) is 48.6 Å². The van der Waals surface area contributed by atoms with Gasteiger partial charge in [0.1, 0.15) is 24.7 Å². The predicted octanol–water partition coefficient (Wildman–Crippen LogP) is 11.8. The summed E-state index contributed by atoms with van der Waals surface area (Å²) in [5.41, 5.74) is 0. The summed E-state index contributed by atoms with van der Waals surface area (Å²) >= 11 is 0. The third kappa shape index (κ3) is 42.3. The van der Waals surface area contributed by atoms with Gasteiger partial charge < -0.3 is 58.3 Å². The van der Waals surface area contributed by atoms with E-state index in [1.165, 1.54) is 83.6 Å². The Hall–Kier alpha value is -0.720. The molecule has 10 atom stereocenters. The van der Waals surface area contributed by atoms with Crippen LogP contribution in [0.2, 0.25) is 0 Å². The Morgan fingerprint density at radius 2 is 0.608 bits per heavy atom. The van der Waals surface area contributed by atoms with Crippen LogP contribution < -0.4 is 16.0 Å². The average Bonchev–Trinajstić information content (AvgIpc) is 3.29. The van der Waals surface area contributed by atoms with Crippen LogP contribution in [0.5, 0.6) is 0 Å². The van der Waals surface area contributed by atoms with Gasteiger partial charge >= 0.3 is 0 Å². The van der Waals surface area contributed by atoms with Gasteiger partial charge in [-0.05, 0) is 144 Å². The van der Waals surface area contributed by atoms with E-state index in [1.807, 2.05) is 27.7 Å². The molecule has 0 bridgehead atoms. The molecule has 0 amide bonds. The minimum Gasteiger partial charge on any atom is -0.412 e. The summed E-state index contributed by atoms with van der Waals surface area (Å²) in [4.78, 5) is 0. The fourth-order valence-corrected chi connectivity index (χ4v) is 10.0. The lowest BCUT2D eigenvalue weighted by molar-refractivity contribution is -0.187. The molecule has 15 heteroatoms. The number of piperidine rings is 1. The van der Waals surface area contributed by atoms with Crippen molar-refractivity contribution in [2.24, 2.45) is 76.9 Å². The Labute approximate surface area is 455 Å². The maximum atomic E-state index is 12.8. The molecule has 0 spiro atoms. The highest BCUT2D eigenvalue weighted by Gasteiger charge is 2.33. The first-order chi connectivity index (χ1) is 31.9. The summed E-state index contributed by atoms with van der Waals surface area (Å²) in [5.74, 6) is 8.09. The molecule has 0 aromatic carbocycles. The zero-order valence-electron chi connectivity index (χ0n) is 50.6. The van der Waals surface area contributed by atoms with Crippen LogP contribution in [0.4, 0.5) is 17.6 Å². The molecule has 8 rings (SSSR count). The first-order valence-electron chi connectivity index (χ1n) is 28.9. The second kappa shape index (κ2) is 48.2. The first-order valence-corrected chi connectivity index (χ1v) is 28.9. The second-order valence-corrected chi connectivity index (χ2v) is 25.0. The van der Waals surface area contributed by atoms with Gasteiger partial charge in [0.05, 0.1) is 19.4 Å². The van der Waals surface area contributed by atoms with Gasteiger partial charge in [-0.3, -0.25) is 0 Å². The normalized spacial score (nSPS) is 39.1. The number of rotatable bonds is 0. The highest BCUT2D eigenvalue weighted by molar-refractivity contribution is 4.82. The lowest BCUT2D eigenvalue weighted by Crippen LogP contribution is -2.50. The van der Waals surface area contributed by atoms with Crippen molar-refractivity contribution in [3.05, 3.63) is 0 Å². The molecule has 3 heterocycles. The topological polar surface area (TPSA) is 244 Å². The number of hydrogen-bond donors (Lipinski definition) is 3. The van der Waals surface area contributed by atoms with Crippen LogP contribution in [0.3, 0.4) is 0 Å². The van der Waals surface area contributed by atoms with Crippen molar-refractivity contribution >= 4 is 0 Å². The Balaban J connectivity index is -0.000000139. The Bertz CT molecular complexity index is 978. The van der Waals surface area contributed by atoms with Gasteiger partial charge in [-0.15, -0.1) is 0 Å². The second-order valence-electron chi connectivity index (χ2n) is 25.0. The number of nitrogens with one attached hydrogen (secondary N) is 3. The van der Waals surface area contributed by atoms with Gasteiger partial charge in [0.15, 0.2) is 6.29 Å². The Kier molecular flexibility index (Phi) is 55.1. The number of ether oxygens (including phenoxy) is 2. The van der Waals surface area contributed by atoms with E-state index in [-0.39, 0.29) is 52.4 Å². The molecule has 10 unspecified atom stereocenters. The number of alkyl halides is 4. The van der Waals surface area contributed by atoms with Crippen LogP contribution in [0.15, 0.2) is 0 Å². The molecular weight excluding hydrogens is 955 g/mol. The van der Waals surface area contributed by atoms with Crippen LogP contribution >= 0.6 is 0 Å². The van der Waals surface area contributed by atoms with Crippen molar-refractivity contribution < 1.29 is 61.3 Å². The molecule has 0 radical (unpaired) electrons. The van der Waals surface area contributed by atoms with E-state index < -0.39 is 24.7 Å². The smallest absolute Gasteiger partial charge is 0.154 e. The summed E-state index contributed by atoms with van der Waals surface area (Å²) in [6, 6.07) is 0.770. The minimum absolute atomic E-state index is 0. The largest absolute Gasteiger partial charge is 0.412 e. The van der Waals surface area contributed by atoms with E-state index in [1.54, 1.807) is 6.92 Å². The molecular formula is C59H131F4N3O8. The quantitative estimate of drug-likeness (QED) is 0.200. The standard InChI is InChI=1S/C8H14F2.2C8H15F.2C8H16.C7H15N.C6H14N2.C6H12O2.6H2O.H2/c1-5-3-7(9)6(2)8(10)4-5;2*1-6-3-4-7(2)8(9)5-6;2*1-7-3-5-8(2)6-4-7;1-6-3-4-7(2)8-5-6;2*1-5-3-7-6(2)8-4-5;;;;;;;/h5-8H,3-4H2,1-2H3;2*6-8H,3-5H2,1-2H3;2*7-8H,3-6H2,1-2H3;6-8H,3-5H2,1-2H3;5-8H,3-4H2,1-2H3;5-6H,3-4H2,1-2H3;6*1H2;1H. The zero-order valence-corrected chi connectivity index (χ0v) is 50.6. The van der Waals surface area contributed by atoms with Crippen molar-refractivity contribution in [2.75, 3.05) is 32.8 Å². The lowest BCUT2D eigenvalue weighted by Gasteiger charge is -2.30. The van der Waals surface area contributed by atoms with Gasteiger partial charge in [0.25, 0.3) is 0 Å². The summed E-state index contributed by atoms with van der Waals surface area (Å²) in [6.45, 7) is 39.6. The van der Waals surface area contributed by atoms with Crippen molar-refractivity contribution in [1.29, 1.82) is 0 Å². The molecule has 0 aromatic heterocycles. The Morgan fingerprint density at radius 3 is 0.865 bits per heavy atom. The molecule has 458 valence electrons. The van der Waals surface area contributed by atoms with E-state index in [0.717, 1.165) is 93.5 Å². The lowest BCUT2D eigenvalue weighted by atomic mass is 9.81. The van der Waals surface area contributed by atoms with Crippen LogP contribution in [0.1, 0.15) is 228 Å². The fraction of sp³-hybridized carbons (Fsp3) is 1.00. The minimum atomic E-state index is -0.918. The molecule has 74 heavy (non-hydrogen) atoms. The molecule has 3 saturated heterocycles. The third-order valence-corrected chi connectivity index (χ3v) is 16.4. The Morgan fingerprint density at radius 1 is 0.311 bits per heavy atom. The molecule has 8 aliphatic rings. The summed E-state index contributed by atoms with van der Waals surface area (Å²) in [7, 11) is 0. The third-order valence-electron chi connectivity index (χ3n) is 16.4. The van der Waals surface area contributed by atoms with Crippen molar-refractivity contribution in [2.45, 2.75) is 270 Å². The van der Waals surface area contributed by atoms with Gasteiger partial charge in [-0.25, -0.2) is 17.6 Å². The highest BCUT2D eigenvalue weighted by atomic mass is 19.2. The molecule has 5 saturated carbocycles. The maximum Gasteiger partial charge on any atom is 0.154 e. The zero-order chi connectivity index (χ0) is 51.3. The van der Waals surface area contributed by atoms with Crippen molar-refractivity contribution in [1.82, 2.24) is 16.0 Å². The number of hydrogen-bond acceptors (Lipinski definition) is 5. The van der Waals surface area contributed by atoms with E-state index >= 15 is 0 Å². The monoisotopic (exact) mass is 1090 g/mol. The molecule has 0 aromatic rings. The van der Waals surface area contributed by atoms with E-state index in [4.69, 9.17) is 9.47 Å². The molecule has 3 aliphatic heterocycles. The molecule has 8 fully saturated rings. The summed E-state index contributed by atoms with van der Waals surface area (Å²) < 4.78 is 61.7. The molecule has 5 aliphatic carbocycles. The SMILES string of the molecule is CC1CC(F)C(C)C(F)C1.CC1CCC(C)C(F)C1.CC1CCC(C)C(F)C1.CC1CCC(C)CC1.CC1CCC(C)CC1.CC1CCC(C)NC1.CC1CNC(C)NC1.CC1COC(C)OC1.O.O.O.O.O.O.[HH]. The van der Waals surface area contributed by atoms with Crippen molar-refractivity contribution in [3.8, 4) is 0 Å². The van der Waals surface area contributed by atoms with Crippen LogP contribution in [0.25, 0.3) is 0 Å². The summed E-state index contributed by atoms with van der Waals surface area (Å²) in [5, 5.41) is 10.1. The average molecular weight is 1090 g/mol. The highest BCUT2D eigenvalue weighted by Crippen LogP contribution is 2.34. The van der Waals surface area contributed by atoms with Gasteiger partial charge in [0, 0.05) is 32.4 Å². The summed E-state index contributed by atoms with van der Waals surface area (Å²) in [6.07, 6.45) is 19.5. The van der Waals surface area contributed by atoms with Crippen molar-refractivity contribution in [3.63, 3.8) is 0 Å². The van der Waals surface area contributed by atoms with Crippen LogP contribution in [0, 0.1) is 76.9 Å². The number of halogens is 4. The van der Waals surface area contributed by atoms with Crippen LogP contribution in [-0.2, 0) is 9.47 Å². The predicted molar refractivity (Wildman–Crippen MR) is 310 cm³/mol. The van der Waals surface area contributed by atoms with Crippen LogP contribution in [-0.4, -0.2) is 109 Å². The van der Waals surface area contributed by atoms with E-state index in [2.05, 4.69) is 92.1 Å². The first kappa shape index (κ1) is 84.6. The maximum absolute atomic E-state index is 12.8. The fourth-order valence-electron chi connectivity index (χ4n) is 10.0. The van der Waals surface area contributed by atoms with Gasteiger partial charge in [-0.2, -0.15) is 0 Å². The van der Waals surface area contributed by atoms with E-state index in [9.17, 15) is 17.6 Å².